The van der Waals surface area contributed by atoms with Gasteiger partial charge in [0.15, 0.2) is 5.41 Å². The van der Waals surface area contributed by atoms with Crippen molar-refractivity contribution in [3.05, 3.63) is 54.1 Å². The molecule has 5 nitrogen and oxygen atoms in total. The molecule has 0 unspecified atom stereocenters. The molecule has 0 amide bonds. The van der Waals surface area contributed by atoms with Gasteiger partial charge in [0.1, 0.15) is 11.9 Å². The summed E-state index contributed by atoms with van der Waals surface area (Å²) in [5.41, 5.74) is 0.110. The Morgan fingerprint density at radius 3 is 2.61 bits per heavy atom. The summed E-state index contributed by atoms with van der Waals surface area (Å²) in [4.78, 5) is 29.7. The number of fused-ring (bicyclic) bond motifs is 1. The van der Waals surface area contributed by atoms with Gasteiger partial charge in [-0.25, -0.2) is 13.2 Å². The number of nitrogens with zero attached hydrogens (tertiary/aromatic N) is 1. The minimum atomic E-state index is -3.23. The quantitative estimate of drug-likeness (QED) is 0.471. The number of aromatic nitrogens is 1. The zero-order valence-electron chi connectivity index (χ0n) is 18.7. The molecule has 1 aliphatic carbocycles. The number of benzene rings is 1. The van der Waals surface area contributed by atoms with Gasteiger partial charge in [-0.05, 0) is 49.4 Å². The van der Waals surface area contributed by atoms with Crippen molar-refractivity contribution in [1.82, 2.24) is 4.98 Å². The number of rotatable bonds is 5. The summed E-state index contributed by atoms with van der Waals surface area (Å²) in [6.07, 6.45) is 0.714. The van der Waals surface area contributed by atoms with E-state index < -0.39 is 53.6 Å². The molecule has 176 valence electrons. The fourth-order valence-corrected chi connectivity index (χ4v) is 5.57. The summed E-state index contributed by atoms with van der Waals surface area (Å²) in [5, 5.41) is 0. The van der Waals surface area contributed by atoms with Crippen LogP contribution in [0.15, 0.2) is 42.6 Å². The Balaban J connectivity index is 1.58. The molecule has 1 saturated heterocycles. The van der Waals surface area contributed by atoms with E-state index in [2.05, 4.69) is 4.98 Å². The van der Waals surface area contributed by atoms with Crippen LogP contribution in [0, 0.1) is 29.0 Å². The van der Waals surface area contributed by atoms with Gasteiger partial charge >= 0.3 is 11.9 Å². The van der Waals surface area contributed by atoms with E-state index in [-0.39, 0.29) is 5.82 Å². The maximum Gasteiger partial charge on any atom is 0.324 e. The molecule has 33 heavy (non-hydrogen) atoms. The lowest BCUT2D eigenvalue weighted by Gasteiger charge is -2.47. The Morgan fingerprint density at radius 2 is 1.97 bits per heavy atom. The van der Waals surface area contributed by atoms with Gasteiger partial charge in [-0.15, -0.1) is 0 Å². The molecule has 2 aromatic rings. The second-order valence-corrected chi connectivity index (χ2v) is 9.08. The van der Waals surface area contributed by atoms with Crippen molar-refractivity contribution in [2.24, 2.45) is 23.2 Å². The molecule has 2 heterocycles. The first-order valence-corrected chi connectivity index (χ1v) is 11.0. The summed E-state index contributed by atoms with van der Waals surface area (Å²) in [6, 6.07) is 9.74. The average Bonchev–Trinajstić information content (AvgIpc) is 3.03. The lowest BCUT2D eigenvalue weighted by molar-refractivity contribution is -0.195. The maximum absolute atomic E-state index is 15.1. The summed E-state index contributed by atoms with van der Waals surface area (Å²) >= 11 is 0. The van der Waals surface area contributed by atoms with Crippen LogP contribution in [-0.2, 0) is 25.5 Å². The van der Waals surface area contributed by atoms with Crippen molar-refractivity contribution < 1.29 is 32.2 Å². The van der Waals surface area contributed by atoms with Crippen molar-refractivity contribution in [2.75, 3.05) is 7.11 Å². The zero-order valence-corrected chi connectivity index (χ0v) is 18.7. The van der Waals surface area contributed by atoms with Gasteiger partial charge in [-0.2, -0.15) is 0 Å². The number of hydrogen-bond donors (Lipinski definition) is 0. The number of carbonyl (C=O) groups excluding carboxylic acids is 2. The molecule has 1 aromatic heterocycles. The van der Waals surface area contributed by atoms with E-state index in [1.165, 1.54) is 19.1 Å². The highest BCUT2D eigenvalue weighted by atomic mass is 19.3. The summed E-state index contributed by atoms with van der Waals surface area (Å²) in [5.74, 6) is -7.88. The van der Waals surface area contributed by atoms with Crippen LogP contribution in [0.25, 0.3) is 11.1 Å². The number of pyridine rings is 1. The van der Waals surface area contributed by atoms with Gasteiger partial charge in [0.05, 0.1) is 7.11 Å². The molecular weight excluding hydrogens is 435 g/mol. The highest BCUT2D eigenvalue weighted by molar-refractivity contribution is 6.02. The van der Waals surface area contributed by atoms with Gasteiger partial charge < -0.3 is 9.47 Å². The van der Waals surface area contributed by atoms with Crippen molar-refractivity contribution in [3.63, 3.8) is 0 Å². The number of alkyl halides is 2. The molecule has 2 fully saturated rings. The molecule has 1 aliphatic heterocycles. The van der Waals surface area contributed by atoms with E-state index in [0.717, 1.165) is 12.7 Å². The number of carbonyl (C=O) groups is 2. The largest absolute Gasteiger partial charge is 0.468 e. The standard InChI is InChI=1S/C25H26F3NO4/c1-14-20(10-9-19-8-7-17(12-29-19)16-5-4-6-18(26)11-16)21-15(2)33-23(31)24(21,22(30)32-3)13-25(14,27)28/h4-8,11-12,14-15,20-21H,9-10,13H2,1-3H3/t14-,15+,20-,21-,24+/m0/s1. The molecule has 8 heteroatoms. The maximum atomic E-state index is 15.1. The van der Waals surface area contributed by atoms with Crippen LogP contribution in [0.4, 0.5) is 13.2 Å². The Bertz CT molecular complexity index is 1050. The first-order chi connectivity index (χ1) is 15.6. The lowest BCUT2D eigenvalue weighted by Crippen LogP contribution is -2.57. The third-order valence-electron chi connectivity index (χ3n) is 7.28. The van der Waals surface area contributed by atoms with E-state index in [1.807, 2.05) is 0 Å². The topological polar surface area (TPSA) is 65.5 Å². The number of ether oxygens (including phenoxy) is 2. The second kappa shape index (κ2) is 8.47. The Kier molecular flexibility index (Phi) is 5.97. The monoisotopic (exact) mass is 461 g/mol. The van der Waals surface area contributed by atoms with Crippen molar-refractivity contribution >= 4 is 11.9 Å². The molecule has 2 aliphatic rings. The first kappa shape index (κ1) is 23.3. The van der Waals surface area contributed by atoms with Crippen LogP contribution in [0.5, 0.6) is 0 Å². The van der Waals surface area contributed by atoms with E-state index in [1.54, 1.807) is 37.4 Å². The van der Waals surface area contributed by atoms with Gasteiger partial charge in [0, 0.05) is 35.7 Å². The van der Waals surface area contributed by atoms with E-state index in [4.69, 9.17) is 9.47 Å². The predicted molar refractivity (Wildman–Crippen MR) is 114 cm³/mol. The highest BCUT2D eigenvalue weighted by Gasteiger charge is 2.72. The summed E-state index contributed by atoms with van der Waals surface area (Å²) in [7, 11) is 1.10. The van der Waals surface area contributed by atoms with E-state index in [9.17, 15) is 14.0 Å². The molecule has 1 aromatic carbocycles. The SMILES string of the molecule is COC(=O)[C@@]12CC(F)(F)[C@@H](C)[C@H](CCc3ccc(-c4cccc(F)c4)cn3)[C@@H]1[C@@H](C)OC2=O. The van der Waals surface area contributed by atoms with Crippen molar-refractivity contribution in [1.29, 1.82) is 0 Å². The summed E-state index contributed by atoms with van der Waals surface area (Å²) in [6.45, 7) is 3.10. The Morgan fingerprint density at radius 1 is 1.21 bits per heavy atom. The van der Waals surface area contributed by atoms with Crippen LogP contribution in [0.1, 0.15) is 32.4 Å². The van der Waals surface area contributed by atoms with Gasteiger partial charge in [0.25, 0.3) is 5.92 Å². The highest BCUT2D eigenvalue weighted by Crippen LogP contribution is 2.60. The van der Waals surface area contributed by atoms with Crippen LogP contribution in [-0.4, -0.2) is 36.1 Å². The number of esters is 2. The fourth-order valence-electron chi connectivity index (χ4n) is 5.57. The molecule has 5 atom stereocenters. The molecule has 0 radical (unpaired) electrons. The third-order valence-corrected chi connectivity index (χ3v) is 7.28. The smallest absolute Gasteiger partial charge is 0.324 e. The van der Waals surface area contributed by atoms with Crippen molar-refractivity contribution in [3.8, 4) is 11.1 Å². The molecule has 0 bridgehead atoms. The van der Waals surface area contributed by atoms with Crippen LogP contribution in [0.3, 0.4) is 0 Å². The Labute approximate surface area is 190 Å². The van der Waals surface area contributed by atoms with Crippen LogP contribution < -0.4 is 0 Å². The van der Waals surface area contributed by atoms with E-state index >= 15 is 8.78 Å². The fraction of sp³-hybridized carbons (Fsp3) is 0.480. The van der Waals surface area contributed by atoms with Gasteiger partial charge in [-0.3, -0.25) is 14.6 Å². The third kappa shape index (κ3) is 3.89. The number of hydrogen-bond acceptors (Lipinski definition) is 5. The molecule has 1 saturated carbocycles. The lowest BCUT2D eigenvalue weighted by atomic mass is 9.55. The average molecular weight is 461 g/mol. The number of cyclic esters (lactones) is 1. The Hall–Kier alpha value is -2.90. The molecule has 0 N–H and O–H groups in total. The minimum absolute atomic E-state index is 0.299. The molecule has 4 rings (SSSR count). The predicted octanol–water partition coefficient (Wildman–Crippen LogP) is 4.83. The van der Waals surface area contributed by atoms with Crippen LogP contribution in [0.2, 0.25) is 0 Å². The van der Waals surface area contributed by atoms with E-state index in [0.29, 0.717) is 24.1 Å². The van der Waals surface area contributed by atoms with Gasteiger partial charge in [-0.1, -0.05) is 25.1 Å². The summed E-state index contributed by atoms with van der Waals surface area (Å²) < 4.78 is 53.7. The number of methoxy groups -OCH3 is 1. The van der Waals surface area contributed by atoms with Gasteiger partial charge in [0.2, 0.25) is 0 Å². The van der Waals surface area contributed by atoms with Crippen molar-refractivity contribution in [2.45, 2.75) is 45.1 Å². The number of aryl methyl sites for hydroxylation is 1. The number of halogens is 3. The normalized spacial score (nSPS) is 30.4. The molecule has 0 spiro atoms. The molecular formula is C25H26F3NO4. The second-order valence-electron chi connectivity index (χ2n) is 9.08. The van der Waals surface area contributed by atoms with Crippen LogP contribution >= 0.6 is 0 Å². The zero-order chi connectivity index (χ0) is 24.0. The first-order valence-electron chi connectivity index (χ1n) is 11.0. The minimum Gasteiger partial charge on any atom is -0.468 e.